The maximum Gasteiger partial charge on any atom is 0.257 e. The van der Waals surface area contributed by atoms with Gasteiger partial charge in [0.1, 0.15) is 0 Å². The number of amides is 1. The van der Waals surface area contributed by atoms with Crippen molar-refractivity contribution in [2.75, 3.05) is 19.5 Å². The van der Waals surface area contributed by atoms with Crippen LogP contribution in [0.4, 0.5) is 5.13 Å². The summed E-state index contributed by atoms with van der Waals surface area (Å²) in [6, 6.07) is 12.7. The van der Waals surface area contributed by atoms with E-state index in [1.165, 1.54) is 11.3 Å². The average Bonchev–Trinajstić information content (AvgIpc) is 3.12. The minimum atomic E-state index is -0.447. The van der Waals surface area contributed by atoms with Crippen molar-refractivity contribution in [1.29, 1.82) is 0 Å². The molecule has 2 aromatic heterocycles. The van der Waals surface area contributed by atoms with Crippen LogP contribution < -0.4 is 5.32 Å². The summed E-state index contributed by atoms with van der Waals surface area (Å²) in [7, 11) is 3.13. The van der Waals surface area contributed by atoms with Gasteiger partial charge in [-0.05, 0) is 24.3 Å². The number of carbonyl (C=O) groups is 1. The Morgan fingerprint density at radius 3 is 2.48 bits per heavy atom. The third-order valence-corrected chi connectivity index (χ3v) is 4.45. The zero-order chi connectivity index (χ0) is 17.6. The number of thiazole rings is 1. The van der Waals surface area contributed by atoms with Crippen LogP contribution in [0.2, 0.25) is 0 Å². The highest BCUT2D eigenvalue weighted by atomic mass is 32.1. The van der Waals surface area contributed by atoms with Gasteiger partial charge in [0.25, 0.3) is 5.91 Å². The molecule has 25 heavy (non-hydrogen) atoms. The molecular formula is C18H17N3O3S. The smallest absolute Gasteiger partial charge is 0.257 e. The summed E-state index contributed by atoms with van der Waals surface area (Å²) >= 11 is 1.38. The number of ether oxygens (including phenoxy) is 2. The maximum atomic E-state index is 12.4. The second-order valence-corrected chi connectivity index (χ2v) is 6.15. The molecule has 7 heteroatoms. The van der Waals surface area contributed by atoms with Gasteiger partial charge in [0.05, 0.1) is 10.6 Å². The highest BCUT2D eigenvalue weighted by Gasteiger charge is 2.13. The van der Waals surface area contributed by atoms with E-state index in [1.54, 1.807) is 50.9 Å². The van der Waals surface area contributed by atoms with Gasteiger partial charge in [-0.15, -0.1) is 0 Å². The molecule has 1 amide bonds. The van der Waals surface area contributed by atoms with Crippen LogP contribution in [0.3, 0.4) is 0 Å². The van der Waals surface area contributed by atoms with Crippen LogP contribution in [0.1, 0.15) is 22.2 Å². The standard InChI is InChI=1S/C18H17N3O3S/c1-23-17(24-2)13-8-6-12(7-9-13)16(22)21-18-20-11-15(25-18)14-5-3-4-10-19-14/h3-11,17H,1-2H3,(H,20,21,22). The first-order valence-corrected chi connectivity index (χ1v) is 8.37. The molecule has 0 aliphatic heterocycles. The molecule has 0 atom stereocenters. The SMILES string of the molecule is COC(OC)c1ccc(C(=O)Nc2ncc(-c3ccccn3)s2)cc1. The monoisotopic (exact) mass is 355 g/mol. The van der Waals surface area contributed by atoms with E-state index < -0.39 is 6.29 Å². The topological polar surface area (TPSA) is 73.3 Å². The van der Waals surface area contributed by atoms with Crippen LogP contribution >= 0.6 is 11.3 Å². The summed E-state index contributed by atoms with van der Waals surface area (Å²) in [5.74, 6) is -0.222. The van der Waals surface area contributed by atoms with Gasteiger partial charge in [-0.3, -0.25) is 15.1 Å². The fourth-order valence-corrected chi connectivity index (χ4v) is 3.08. The van der Waals surface area contributed by atoms with Crippen LogP contribution in [-0.2, 0) is 9.47 Å². The molecule has 1 aromatic carbocycles. The lowest BCUT2D eigenvalue weighted by atomic mass is 10.1. The Balaban J connectivity index is 1.69. The Labute approximate surface area is 149 Å². The fourth-order valence-electron chi connectivity index (χ4n) is 2.29. The first kappa shape index (κ1) is 17.2. The minimum absolute atomic E-state index is 0.222. The Morgan fingerprint density at radius 1 is 1.08 bits per heavy atom. The number of methoxy groups -OCH3 is 2. The number of benzene rings is 1. The number of anilines is 1. The third-order valence-electron chi connectivity index (χ3n) is 3.52. The Hall–Kier alpha value is -2.61. The van der Waals surface area contributed by atoms with Gasteiger partial charge < -0.3 is 9.47 Å². The molecule has 3 aromatic rings. The summed E-state index contributed by atoms with van der Waals surface area (Å²) in [6.45, 7) is 0. The van der Waals surface area contributed by atoms with Crippen molar-refractivity contribution in [3.63, 3.8) is 0 Å². The lowest BCUT2D eigenvalue weighted by molar-refractivity contribution is -0.106. The van der Waals surface area contributed by atoms with Gasteiger partial charge in [0.15, 0.2) is 11.4 Å². The molecule has 0 spiro atoms. The zero-order valence-electron chi connectivity index (χ0n) is 13.8. The number of nitrogens with zero attached hydrogens (tertiary/aromatic N) is 2. The van der Waals surface area contributed by atoms with Gasteiger partial charge in [-0.1, -0.05) is 29.5 Å². The molecule has 128 valence electrons. The van der Waals surface area contributed by atoms with E-state index in [9.17, 15) is 4.79 Å². The number of hydrogen-bond acceptors (Lipinski definition) is 6. The van der Waals surface area contributed by atoms with E-state index in [0.717, 1.165) is 16.1 Å². The molecule has 6 nitrogen and oxygen atoms in total. The normalized spacial score (nSPS) is 10.8. The van der Waals surface area contributed by atoms with Crippen molar-refractivity contribution >= 4 is 22.4 Å². The van der Waals surface area contributed by atoms with E-state index in [4.69, 9.17) is 9.47 Å². The molecule has 1 N–H and O–H groups in total. The number of rotatable bonds is 6. The van der Waals surface area contributed by atoms with Gasteiger partial charge in [-0.2, -0.15) is 0 Å². The predicted molar refractivity (Wildman–Crippen MR) is 96.5 cm³/mol. The van der Waals surface area contributed by atoms with Crippen molar-refractivity contribution in [2.24, 2.45) is 0 Å². The van der Waals surface area contributed by atoms with E-state index in [0.29, 0.717) is 10.7 Å². The Bertz CT molecular complexity index is 830. The molecule has 0 saturated carbocycles. The number of carbonyl (C=O) groups excluding carboxylic acids is 1. The molecule has 0 bridgehead atoms. The number of pyridine rings is 1. The first-order chi connectivity index (χ1) is 12.2. The molecule has 0 unspecified atom stereocenters. The van der Waals surface area contributed by atoms with Crippen molar-refractivity contribution in [2.45, 2.75) is 6.29 Å². The van der Waals surface area contributed by atoms with Gasteiger partial charge in [-0.25, -0.2) is 4.98 Å². The second kappa shape index (κ2) is 7.98. The molecule has 0 aliphatic rings. The van der Waals surface area contributed by atoms with Crippen molar-refractivity contribution in [1.82, 2.24) is 9.97 Å². The first-order valence-electron chi connectivity index (χ1n) is 7.55. The van der Waals surface area contributed by atoms with Crippen LogP contribution in [-0.4, -0.2) is 30.1 Å². The summed E-state index contributed by atoms with van der Waals surface area (Å²) < 4.78 is 10.4. The molecule has 0 fully saturated rings. The Kier molecular flexibility index (Phi) is 5.49. The van der Waals surface area contributed by atoms with Gasteiger partial charge in [0.2, 0.25) is 0 Å². The summed E-state index contributed by atoms with van der Waals surface area (Å²) in [5.41, 5.74) is 2.20. The molecule has 0 aliphatic carbocycles. The minimum Gasteiger partial charge on any atom is -0.352 e. The number of hydrogen-bond donors (Lipinski definition) is 1. The van der Waals surface area contributed by atoms with E-state index in [1.807, 2.05) is 18.2 Å². The molecule has 0 saturated heterocycles. The molecule has 3 rings (SSSR count). The summed E-state index contributed by atoms with van der Waals surface area (Å²) in [5, 5.41) is 3.33. The maximum absolute atomic E-state index is 12.4. The Morgan fingerprint density at radius 2 is 1.84 bits per heavy atom. The lowest BCUT2D eigenvalue weighted by Crippen LogP contribution is -2.12. The van der Waals surface area contributed by atoms with Gasteiger partial charge in [0, 0.05) is 37.7 Å². The molecule has 2 heterocycles. The van der Waals surface area contributed by atoms with E-state index in [2.05, 4.69) is 15.3 Å². The zero-order valence-corrected chi connectivity index (χ0v) is 14.6. The highest BCUT2D eigenvalue weighted by molar-refractivity contribution is 7.19. The predicted octanol–water partition coefficient (Wildman–Crippen LogP) is 3.75. The van der Waals surface area contributed by atoms with Crippen LogP contribution in [0.15, 0.2) is 54.9 Å². The van der Waals surface area contributed by atoms with Crippen molar-refractivity contribution in [3.8, 4) is 10.6 Å². The van der Waals surface area contributed by atoms with Crippen molar-refractivity contribution in [3.05, 3.63) is 66.0 Å². The van der Waals surface area contributed by atoms with Gasteiger partial charge >= 0.3 is 0 Å². The number of aromatic nitrogens is 2. The van der Waals surface area contributed by atoms with Crippen LogP contribution in [0.5, 0.6) is 0 Å². The fraction of sp³-hybridized carbons (Fsp3) is 0.167. The van der Waals surface area contributed by atoms with Crippen LogP contribution in [0, 0.1) is 0 Å². The summed E-state index contributed by atoms with van der Waals surface area (Å²) in [6.07, 6.45) is 2.98. The molecule has 0 radical (unpaired) electrons. The van der Waals surface area contributed by atoms with E-state index >= 15 is 0 Å². The quantitative estimate of drug-likeness (QED) is 0.682. The van der Waals surface area contributed by atoms with E-state index in [-0.39, 0.29) is 5.91 Å². The number of nitrogens with one attached hydrogen (secondary N) is 1. The molecular weight excluding hydrogens is 338 g/mol. The third kappa shape index (κ3) is 4.08. The lowest BCUT2D eigenvalue weighted by Gasteiger charge is -2.13. The largest absolute Gasteiger partial charge is 0.352 e. The van der Waals surface area contributed by atoms with Crippen LogP contribution in [0.25, 0.3) is 10.6 Å². The summed E-state index contributed by atoms with van der Waals surface area (Å²) in [4.78, 5) is 21.8. The second-order valence-electron chi connectivity index (χ2n) is 5.12. The highest BCUT2D eigenvalue weighted by Crippen LogP contribution is 2.27. The van der Waals surface area contributed by atoms with Crippen molar-refractivity contribution < 1.29 is 14.3 Å². The average molecular weight is 355 g/mol.